The van der Waals surface area contributed by atoms with Gasteiger partial charge in [0.25, 0.3) is 0 Å². The molecule has 0 aliphatic rings. The van der Waals surface area contributed by atoms with E-state index in [9.17, 15) is 5.11 Å². The second kappa shape index (κ2) is 6.51. The fourth-order valence-corrected chi connectivity index (χ4v) is 1.46. The summed E-state index contributed by atoms with van der Waals surface area (Å²) >= 11 is 0. The Kier molecular flexibility index (Phi) is 5.29. The SMILES string of the molecule is COCCc1ccccc1NC(C)C(C)O. The van der Waals surface area contributed by atoms with Gasteiger partial charge in [0.15, 0.2) is 0 Å². The molecule has 0 amide bonds. The number of aliphatic hydroxyl groups is 1. The predicted molar refractivity (Wildman–Crippen MR) is 66.8 cm³/mol. The van der Waals surface area contributed by atoms with Crippen LogP contribution in [0.15, 0.2) is 24.3 Å². The van der Waals surface area contributed by atoms with Crippen LogP contribution in [0.4, 0.5) is 5.69 Å². The van der Waals surface area contributed by atoms with E-state index in [0.717, 1.165) is 12.1 Å². The van der Waals surface area contributed by atoms with E-state index < -0.39 is 0 Å². The Balaban J connectivity index is 2.70. The van der Waals surface area contributed by atoms with Crippen molar-refractivity contribution >= 4 is 5.69 Å². The minimum atomic E-state index is -0.365. The van der Waals surface area contributed by atoms with E-state index >= 15 is 0 Å². The van der Waals surface area contributed by atoms with Gasteiger partial charge in [-0.15, -0.1) is 0 Å². The zero-order valence-corrected chi connectivity index (χ0v) is 10.2. The molecule has 0 aromatic heterocycles. The monoisotopic (exact) mass is 223 g/mol. The van der Waals surface area contributed by atoms with E-state index in [1.54, 1.807) is 14.0 Å². The first-order valence-electron chi connectivity index (χ1n) is 5.66. The lowest BCUT2D eigenvalue weighted by molar-refractivity contribution is 0.178. The van der Waals surface area contributed by atoms with Crippen molar-refractivity contribution in [3.8, 4) is 0 Å². The Labute approximate surface area is 97.4 Å². The summed E-state index contributed by atoms with van der Waals surface area (Å²) in [5, 5.41) is 12.8. The molecule has 0 bridgehead atoms. The van der Waals surface area contributed by atoms with Gasteiger partial charge >= 0.3 is 0 Å². The summed E-state index contributed by atoms with van der Waals surface area (Å²) < 4.78 is 5.08. The number of rotatable bonds is 6. The van der Waals surface area contributed by atoms with Crippen molar-refractivity contribution in [1.82, 2.24) is 0 Å². The summed E-state index contributed by atoms with van der Waals surface area (Å²) in [6.45, 7) is 4.47. The number of methoxy groups -OCH3 is 1. The number of ether oxygens (including phenoxy) is 1. The van der Waals surface area contributed by atoms with Crippen LogP contribution in [-0.2, 0) is 11.2 Å². The lowest BCUT2D eigenvalue weighted by atomic mass is 10.1. The van der Waals surface area contributed by atoms with Gasteiger partial charge in [0.05, 0.1) is 12.7 Å². The molecular formula is C13H21NO2. The summed E-state index contributed by atoms with van der Waals surface area (Å²) in [4.78, 5) is 0. The third-order valence-corrected chi connectivity index (χ3v) is 2.70. The lowest BCUT2D eigenvalue weighted by Gasteiger charge is -2.20. The number of hydrogen-bond donors (Lipinski definition) is 2. The number of nitrogens with one attached hydrogen (secondary N) is 1. The standard InChI is InChI=1S/C13H21NO2/c1-10(11(2)15)14-13-7-5-4-6-12(13)8-9-16-3/h4-7,10-11,14-15H,8-9H2,1-3H3. The van der Waals surface area contributed by atoms with Crippen molar-refractivity contribution in [3.63, 3.8) is 0 Å². The van der Waals surface area contributed by atoms with Crippen molar-refractivity contribution in [2.45, 2.75) is 32.4 Å². The van der Waals surface area contributed by atoms with Crippen molar-refractivity contribution in [2.75, 3.05) is 19.0 Å². The van der Waals surface area contributed by atoms with Gasteiger partial charge in [-0.25, -0.2) is 0 Å². The Morgan fingerprint density at radius 3 is 2.62 bits per heavy atom. The highest BCUT2D eigenvalue weighted by atomic mass is 16.5. The molecule has 90 valence electrons. The maximum Gasteiger partial charge on any atom is 0.0710 e. The quantitative estimate of drug-likeness (QED) is 0.775. The fourth-order valence-electron chi connectivity index (χ4n) is 1.46. The van der Waals surface area contributed by atoms with Crippen molar-refractivity contribution in [3.05, 3.63) is 29.8 Å². The van der Waals surface area contributed by atoms with Gasteiger partial charge in [-0.1, -0.05) is 18.2 Å². The predicted octanol–water partition coefficient (Wildman–Crippen LogP) is 2.06. The van der Waals surface area contributed by atoms with Crippen LogP contribution in [-0.4, -0.2) is 31.0 Å². The Hall–Kier alpha value is -1.06. The van der Waals surface area contributed by atoms with E-state index in [-0.39, 0.29) is 12.1 Å². The topological polar surface area (TPSA) is 41.5 Å². The van der Waals surface area contributed by atoms with Crippen LogP contribution < -0.4 is 5.32 Å². The minimum Gasteiger partial charge on any atom is -0.391 e. The van der Waals surface area contributed by atoms with Gasteiger partial charge in [-0.3, -0.25) is 0 Å². The van der Waals surface area contributed by atoms with Gasteiger partial charge in [0.1, 0.15) is 0 Å². The molecule has 2 N–H and O–H groups in total. The molecule has 1 aromatic rings. The molecule has 0 aliphatic carbocycles. The summed E-state index contributed by atoms with van der Waals surface area (Å²) in [5.74, 6) is 0. The molecular weight excluding hydrogens is 202 g/mol. The molecule has 0 radical (unpaired) electrons. The van der Waals surface area contributed by atoms with E-state index in [4.69, 9.17) is 4.74 Å². The number of benzene rings is 1. The summed E-state index contributed by atoms with van der Waals surface area (Å²) in [7, 11) is 1.70. The van der Waals surface area contributed by atoms with Crippen LogP contribution in [0.25, 0.3) is 0 Å². The molecule has 1 aromatic carbocycles. The summed E-state index contributed by atoms with van der Waals surface area (Å²) in [6.07, 6.45) is 0.516. The number of anilines is 1. The zero-order chi connectivity index (χ0) is 12.0. The Bertz CT molecular complexity index is 313. The van der Waals surface area contributed by atoms with Crippen molar-refractivity contribution in [1.29, 1.82) is 0 Å². The van der Waals surface area contributed by atoms with Gasteiger partial charge in [-0.05, 0) is 31.9 Å². The normalized spacial score (nSPS) is 14.5. The van der Waals surface area contributed by atoms with E-state index in [1.807, 2.05) is 25.1 Å². The summed E-state index contributed by atoms with van der Waals surface area (Å²) in [5.41, 5.74) is 2.30. The van der Waals surface area contributed by atoms with Crippen LogP contribution >= 0.6 is 0 Å². The molecule has 3 nitrogen and oxygen atoms in total. The molecule has 3 heteroatoms. The van der Waals surface area contributed by atoms with E-state index in [1.165, 1.54) is 5.56 Å². The second-order valence-electron chi connectivity index (χ2n) is 4.07. The molecule has 16 heavy (non-hydrogen) atoms. The average molecular weight is 223 g/mol. The highest BCUT2D eigenvalue weighted by molar-refractivity contribution is 5.51. The first kappa shape index (κ1) is 13.0. The smallest absolute Gasteiger partial charge is 0.0710 e. The zero-order valence-electron chi connectivity index (χ0n) is 10.2. The molecule has 0 aliphatic heterocycles. The van der Waals surface area contributed by atoms with Crippen LogP contribution in [0.3, 0.4) is 0 Å². The highest BCUT2D eigenvalue weighted by Gasteiger charge is 2.10. The Morgan fingerprint density at radius 2 is 2.00 bits per heavy atom. The van der Waals surface area contributed by atoms with Gasteiger partial charge < -0.3 is 15.2 Å². The van der Waals surface area contributed by atoms with Crippen LogP contribution in [0, 0.1) is 0 Å². The molecule has 0 fully saturated rings. The van der Waals surface area contributed by atoms with Crippen LogP contribution in [0.1, 0.15) is 19.4 Å². The summed E-state index contributed by atoms with van der Waals surface area (Å²) in [6, 6.07) is 8.17. The first-order chi connectivity index (χ1) is 7.65. The molecule has 0 heterocycles. The molecule has 0 saturated heterocycles. The van der Waals surface area contributed by atoms with Gasteiger partial charge in [0.2, 0.25) is 0 Å². The van der Waals surface area contributed by atoms with Gasteiger partial charge in [-0.2, -0.15) is 0 Å². The lowest BCUT2D eigenvalue weighted by Crippen LogP contribution is -2.28. The van der Waals surface area contributed by atoms with E-state index in [2.05, 4.69) is 11.4 Å². The second-order valence-corrected chi connectivity index (χ2v) is 4.07. The molecule has 0 spiro atoms. The van der Waals surface area contributed by atoms with Crippen molar-refractivity contribution in [2.24, 2.45) is 0 Å². The Morgan fingerprint density at radius 1 is 1.31 bits per heavy atom. The minimum absolute atomic E-state index is 0.0451. The molecule has 0 saturated carbocycles. The van der Waals surface area contributed by atoms with Crippen molar-refractivity contribution < 1.29 is 9.84 Å². The highest BCUT2D eigenvalue weighted by Crippen LogP contribution is 2.17. The number of aliphatic hydroxyl groups excluding tert-OH is 1. The van der Waals surface area contributed by atoms with E-state index in [0.29, 0.717) is 6.61 Å². The molecule has 2 unspecified atom stereocenters. The van der Waals surface area contributed by atoms with Crippen LogP contribution in [0.2, 0.25) is 0 Å². The first-order valence-corrected chi connectivity index (χ1v) is 5.66. The van der Waals surface area contributed by atoms with Crippen LogP contribution in [0.5, 0.6) is 0 Å². The fraction of sp³-hybridized carbons (Fsp3) is 0.538. The molecule has 2 atom stereocenters. The van der Waals surface area contributed by atoms with Gasteiger partial charge in [0, 0.05) is 18.8 Å². The average Bonchev–Trinajstić information content (AvgIpc) is 2.27. The maximum absolute atomic E-state index is 9.46. The largest absolute Gasteiger partial charge is 0.391 e. The third kappa shape index (κ3) is 3.83. The molecule has 1 rings (SSSR count). The number of para-hydroxylation sites is 1. The maximum atomic E-state index is 9.46. The number of hydrogen-bond acceptors (Lipinski definition) is 3. The third-order valence-electron chi connectivity index (χ3n) is 2.70.